The number of piperazine rings is 1. The zero-order valence-corrected chi connectivity index (χ0v) is 10.8. The normalized spacial score (nSPS) is 23.1. The van der Waals surface area contributed by atoms with Crippen molar-refractivity contribution in [1.29, 1.82) is 0 Å². The predicted octanol–water partition coefficient (Wildman–Crippen LogP) is -0.0876. The molecule has 2 rings (SSSR count). The van der Waals surface area contributed by atoms with E-state index in [1.54, 1.807) is 4.90 Å². The summed E-state index contributed by atoms with van der Waals surface area (Å²) < 4.78 is 0. The second-order valence-electron chi connectivity index (χ2n) is 5.02. The highest BCUT2D eigenvalue weighted by atomic mass is 16.1. The number of nitrogens with two attached hydrogens (primary N) is 1. The summed E-state index contributed by atoms with van der Waals surface area (Å²) in [5.41, 5.74) is 2.72. The maximum Gasteiger partial charge on any atom is 0.209 e. The molecular formula is C12H23N5O. The highest BCUT2D eigenvalue weighted by Crippen LogP contribution is 2.20. The van der Waals surface area contributed by atoms with Gasteiger partial charge in [0, 0.05) is 26.2 Å². The molecule has 0 aromatic carbocycles. The Balaban J connectivity index is 1.91. The lowest BCUT2D eigenvalue weighted by atomic mass is 9.96. The van der Waals surface area contributed by atoms with E-state index in [9.17, 15) is 4.79 Å². The number of hydrazine groups is 1. The third kappa shape index (κ3) is 3.35. The molecule has 1 saturated carbocycles. The first-order chi connectivity index (χ1) is 8.83. The van der Waals surface area contributed by atoms with Gasteiger partial charge < -0.3 is 9.80 Å². The van der Waals surface area contributed by atoms with Gasteiger partial charge in [-0.05, 0) is 12.8 Å². The van der Waals surface area contributed by atoms with E-state index in [0.717, 1.165) is 38.5 Å². The molecule has 1 aliphatic carbocycles. The molecule has 3 N–H and O–H groups in total. The van der Waals surface area contributed by atoms with Crippen LogP contribution in [0.4, 0.5) is 0 Å². The van der Waals surface area contributed by atoms with Crippen LogP contribution in [0.3, 0.4) is 0 Å². The number of nitrogens with one attached hydrogen (secondary N) is 1. The second-order valence-corrected chi connectivity index (χ2v) is 5.02. The van der Waals surface area contributed by atoms with E-state index in [1.165, 1.54) is 32.1 Å². The zero-order valence-electron chi connectivity index (χ0n) is 10.8. The zero-order chi connectivity index (χ0) is 12.8. The minimum atomic E-state index is 0.411. The molecule has 102 valence electrons. The fourth-order valence-electron chi connectivity index (χ4n) is 2.63. The number of hydrogen-bond donors (Lipinski definition) is 2. The van der Waals surface area contributed by atoms with Crippen LogP contribution in [0.5, 0.6) is 0 Å². The van der Waals surface area contributed by atoms with Gasteiger partial charge in [-0.1, -0.05) is 19.3 Å². The SMILES string of the molecule is NNC(=NC1CCCCC1)N1CCN(C=O)CC1. The predicted molar refractivity (Wildman–Crippen MR) is 70.8 cm³/mol. The summed E-state index contributed by atoms with van der Waals surface area (Å²) in [6, 6.07) is 0.411. The van der Waals surface area contributed by atoms with Crippen molar-refractivity contribution in [1.82, 2.24) is 15.2 Å². The van der Waals surface area contributed by atoms with Gasteiger partial charge in [0.15, 0.2) is 0 Å². The van der Waals surface area contributed by atoms with Crippen LogP contribution in [-0.4, -0.2) is 54.4 Å². The molecule has 0 radical (unpaired) electrons. The van der Waals surface area contributed by atoms with Gasteiger partial charge in [-0.2, -0.15) is 0 Å². The highest BCUT2D eigenvalue weighted by Gasteiger charge is 2.20. The molecule has 6 nitrogen and oxygen atoms in total. The number of aliphatic imine (C=N–C) groups is 1. The smallest absolute Gasteiger partial charge is 0.209 e. The Morgan fingerprint density at radius 3 is 2.39 bits per heavy atom. The highest BCUT2D eigenvalue weighted by molar-refractivity contribution is 5.79. The van der Waals surface area contributed by atoms with Gasteiger partial charge in [0.25, 0.3) is 0 Å². The van der Waals surface area contributed by atoms with Crippen LogP contribution < -0.4 is 11.3 Å². The fourth-order valence-corrected chi connectivity index (χ4v) is 2.63. The number of rotatable bonds is 2. The van der Waals surface area contributed by atoms with Crippen LogP contribution in [0, 0.1) is 0 Å². The number of nitrogens with zero attached hydrogens (tertiary/aromatic N) is 3. The Morgan fingerprint density at radius 1 is 1.17 bits per heavy atom. The van der Waals surface area contributed by atoms with Crippen molar-refractivity contribution in [3.05, 3.63) is 0 Å². The summed E-state index contributed by atoms with van der Waals surface area (Å²) in [4.78, 5) is 19.3. The summed E-state index contributed by atoms with van der Waals surface area (Å²) in [5.74, 6) is 6.37. The molecule has 2 fully saturated rings. The maximum atomic E-state index is 10.7. The molecule has 2 aliphatic rings. The fraction of sp³-hybridized carbons (Fsp3) is 0.833. The number of carbonyl (C=O) groups is 1. The van der Waals surface area contributed by atoms with Crippen molar-refractivity contribution in [3.8, 4) is 0 Å². The van der Waals surface area contributed by atoms with Gasteiger partial charge in [0.2, 0.25) is 12.4 Å². The Morgan fingerprint density at radius 2 is 1.83 bits per heavy atom. The lowest BCUT2D eigenvalue weighted by Crippen LogP contribution is -2.53. The number of guanidine groups is 1. The average Bonchev–Trinajstić information content (AvgIpc) is 2.46. The van der Waals surface area contributed by atoms with Crippen molar-refractivity contribution < 1.29 is 4.79 Å². The van der Waals surface area contributed by atoms with E-state index < -0.39 is 0 Å². The molecule has 0 unspecified atom stereocenters. The molecule has 0 aromatic heterocycles. The third-order valence-corrected chi connectivity index (χ3v) is 3.77. The first-order valence-corrected chi connectivity index (χ1v) is 6.82. The number of carbonyl (C=O) groups excluding carboxylic acids is 1. The van der Waals surface area contributed by atoms with Gasteiger partial charge in [-0.3, -0.25) is 10.2 Å². The van der Waals surface area contributed by atoms with Crippen LogP contribution in [-0.2, 0) is 4.79 Å². The van der Waals surface area contributed by atoms with E-state index in [2.05, 4.69) is 10.3 Å². The standard InChI is InChI=1S/C12H23N5O/c13-15-12(14-11-4-2-1-3-5-11)17-8-6-16(10-18)7-9-17/h10-11H,1-9,13H2,(H,14,15). The molecular weight excluding hydrogens is 230 g/mol. The van der Waals surface area contributed by atoms with Crippen molar-refractivity contribution in [3.63, 3.8) is 0 Å². The molecule has 1 saturated heterocycles. The van der Waals surface area contributed by atoms with Gasteiger partial charge in [0.1, 0.15) is 0 Å². The van der Waals surface area contributed by atoms with Crippen molar-refractivity contribution in [2.45, 2.75) is 38.1 Å². The van der Waals surface area contributed by atoms with E-state index in [0.29, 0.717) is 6.04 Å². The molecule has 18 heavy (non-hydrogen) atoms. The summed E-state index contributed by atoms with van der Waals surface area (Å²) in [5, 5.41) is 0. The van der Waals surface area contributed by atoms with Crippen LogP contribution >= 0.6 is 0 Å². The summed E-state index contributed by atoms with van der Waals surface area (Å²) in [6.07, 6.45) is 7.11. The quantitative estimate of drug-likeness (QED) is 0.237. The first-order valence-electron chi connectivity index (χ1n) is 6.82. The van der Waals surface area contributed by atoms with E-state index >= 15 is 0 Å². The van der Waals surface area contributed by atoms with Crippen molar-refractivity contribution in [2.24, 2.45) is 10.8 Å². The molecule has 0 atom stereocenters. The summed E-state index contributed by atoms with van der Waals surface area (Å²) in [6.45, 7) is 3.09. The Hall–Kier alpha value is -1.30. The van der Waals surface area contributed by atoms with Crippen LogP contribution in [0.15, 0.2) is 4.99 Å². The minimum Gasteiger partial charge on any atom is -0.342 e. The Labute approximate surface area is 108 Å². The first kappa shape index (κ1) is 13.1. The van der Waals surface area contributed by atoms with Gasteiger partial charge >= 0.3 is 0 Å². The molecule has 0 aromatic rings. The van der Waals surface area contributed by atoms with Crippen LogP contribution in [0.2, 0.25) is 0 Å². The topological polar surface area (TPSA) is 74.0 Å². The van der Waals surface area contributed by atoms with Gasteiger partial charge in [-0.15, -0.1) is 0 Å². The largest absolute Gasteiger partial charge is 0.342 e. The second kappa shape index (κ2) is 6.58. The Bertz CT molecular complexity index is 293. The number of amides is 1. The maximum absolute atomic E-state index is 10.7. The molecule has 0 spiro atoms. The Kier molecular flexibility index (Phi) is 4.81. The van der Waals surface area contributed by atoms with Crippen LogP contribution in [0.1, 0.15) is 32.1 Å². The van der Waals surface area contributed by atoms with E-state index in [1.807, 2.05) is 0 Å². The van der Waals surface area contributed by atoms with Crippen molar-refractivity contribution in [2.75, 3.05) is 26.2 Å². The monoisotopic (exact) mass is 253 g/mol. The van der Waals surface area contributed by atoms with E-state index in [-0.39, 0.29) is 0 Å². The van der Waals surface area contributed by atoms with Gasteiger partial charge in [0.05, 0.1) is 6.04 Å². The lowest BCUT2D eigenvalue weighted by molar-refractivity contribution is -0.119. The molecule has 6 heteroatoms. The van der Waals surface area contributed by atoms with Crippen molar-refractivity contribution >= 4 is 12.4 Å². The van der Waals surface area contributed by atoms with E-state index in [4.69, 9.17) is 10.8 Å². The minimum absolute atomic E-state index is 0.411. The molecule has 1 aliphatic heterocycles. The van der Waals surface area contributed by atoms with Gasteiger partial charge in [-0.25, -0.2) is 10.8 Å². The molecule has 1 heterocycles. The number of hydrogen-bond acceptors (Lipinski definition) is 3. The summed E-state index contributed by atoms with van der Waals surface area (Å²) >= 11 is 0. The average molecular weight is 253 g/mol. The summed E-state index contributed by atoms with van der Waals surface area (Å²) in [7, 11) is 0. The molecule has 0 bridgehead atoms. The molecule has 1 amide bonds. The van der Waals surface area contributed by atoms with Crippen LogP contribution in [0.25, 0.3) is 0 Å². The third-order valence-electron chi connectivity index (χ3n) is 3.77. The lowest BCUT2D eigenvalue weighted by Gasteiger charge is -2.34.